The maximum absolute atomic E-state index is 5.50. The number of hydrogen-bond donors (Lipinski definition) is 0. The van der Waals surface area contributed by atoms with Gasteiger partial charge in [-0.05, 0) is 38.0 Å². The van der Waals surface area contributed by atoms with E-state index in [1.165, 1.54) is 18.4 Å². The molecule has 1 aliphatic heterocycles. The summed E-state index contributed by atoms with van der Waals surface area (Å²) in [6.07, 6.45) is 9.48. The maximum Gasteiger partial charge on any atom is 0.158 e. The molecule has 1 fully saturated rings. The normalized spacial score (nSPS) is 25.4. The first-order valence-corrected chi connectivity index (χ1v) is 7.24. The largest absolute Gasteiger partial charge is 0.350 e. The van der Waals surface area contributed by atoms with Gasteiger partial charge >= 0.3 is 0 Å². The van der Waals surface area contributed by atoms with Gasteiger partial charge in [0, 0.05) is 6.42 Å². The van der Waals surface area contributed by atoms with E-state index in [1.54, 1.807) is 5.57 Å². The van der Waals surface area contributed by atoms with Gasteiger partial charge in [-0.15, -0.1) is 0 Å². The van der Waals surface area contributed by atoms with Gasteiger partial charge < -0.3 is 9.47 Å². The Morgan fingerprint density at radius 3 is 2.67 bits per heavy atom. The number of allylic oxidation sites excluding steroid dienone is 4. The highest BCUT2D eigenvalue weighted by molar-refractivity contribution is 5.27. The predicted octanol–water partition coefficient (Wildman–Crippen LogP) is 4.08. The molecule has 2 aliphatic rings. The molecule has 0 amide bonds. The van der Waals surface area contributed by atoms with E-state index in [0.717, 1.165) is 37.9 Å². The molecule has 0 N–H and O–H groups in total. The van der Waals surface area contributed by atoms with Crippen molar-refractivity contribution in [2.75, 3.05) is 13.2 Å². The van der Waals surface area contributed by atoms with E-state index < -0.39 is 0 Å². The van der Waals surface area contributed by atoms with Crippen LogP contribution >= 0.6 is 0 Å². The zero-order chi connectivity index (χ0) is 13.0. The summed E-state index contributed by atoms with van der Waals surface area (Å²) in [6.45, 7) is 8.36. The van der Waals surface area contributed by atoms with Gasteiger partial charge in [0.1, 0.15) is 0 Å². The first-order valence-electron chi connectivity index (χ1n) is 7.24. The van der Waals surface area contributed by atoms with Crippen molar-refractivity contribution < 1.29 is 9.47 Å². The van der Waals surface area contributed by atoms with Crippen LogP contribution in [0.3, 0.4) is 0 Å². The van der Waals surface area contributed by atoms with Crippen LogP contribution in [0.4, 0.5) is 0 Å². The molecule has 2 rings (SSSR count). The molecule has 0 aromatic carbocycles. The fraction of sp³-hybridized carbons (Fsp3) is 0.750. The molecule has 0 radical (unpaired) electrons. The van der Waals surface area contributed by atoms with Crippen LogP contribution in [0.25, 0.3) is 0 Å². The minimum absolute atomic E-state index is 0.0423. The average molecular weight is 250 g/mol. The van der Waals surface area contributed by atoms with Crippen molar-refractivity contribution in [2.24, 2.45) is 11.8 Å². The van der Waals surface area contributed by atoms with E-state index >= 15 is 0 Å². The van der Waals surface area contributed by atoms with Crippen LogP contribution in [0.5, 0.6) is 0 Å². The Bertz CT molecular complexity index is 322. The molecule has 1 unspecified atom stereocenters. The number of ether oxygens (including phenoxy) is 2. The van der Waals surface area contributed by atoms with Crippen LogP contribution in [0, 0.1) is 11.8 Å². The predicted molar refractivity (Wildman–Crippen MR) is 74.3 cm³/mol. The molecule has 0 saturated carbocycles. The Labute approximate surface area is 111 Å². The maximum atomic E-state index is 5.50. The molecule has 1 atom stereocenters. The molecule has 0 spiro atoms. The summed E-state index contributed by atoms with van der Waals surface area (Å²) < 4.78 is 11.0. The summed E-state index contributed by atoms with van der Waals surface area (Å²) in [5.41, 5.74) is 3.00. The van der Waals surface area contributed by atoms with Gasteiger partial charge in [-0.1, -0.05) is 37.1 Å². The summed E-state index contributed by atoms with van der Waals surface area (Å²) in [6, 6.07) is 0. The van der Waals surface area contributed by atoms with E-state index in [-0.39, 0.29) is 6.29 Å². The average Bonchev–Trinajstić information content (AvgIpc) is 2.77. The Kier molecular flexibility index (Phi) is 5.02. The smallest absolute Gasteiger partial charge is 0.158 e. The van der Waals surface area contributed by atoms with Crippen molar-refractivity contribution in [3.63, 3.8) is 0 Å². The minimum atomic E-state index is 0.0423. The van der Waals surface area contributed by atoms with Crippen molar-refractivity contribution in [1.29, 1.82) is 0 Å². The highest BCUT2D eigenvalue weighted by Crippen LogP contribution is 2.30. The SMILES string of the molecule is CC1=CC(CC(C)C)CC(CCC2OCCO2)=C1. The highest BCUT2D eigenvalue weighted by Gasteiger charge is 2.19. The van der Waals surface area contributed by atoms with E-state index in [9.17, 15) is 0 Å². The van der Waals surface area contributed by atoms with Crippen LogP contribution < -0.4 is 0 Å². The highest BCUT2D eigenvalue weighted by atomic mass is 16.7. The lowest BCUT2D eigenvalue weighted by Gasteiger charge is -2.23. The summed E-state index contributed by atoms with van der Waals surface area (Å²) in [5, 5.41) is 0. The van der Waals surface area contributed by atoms with Gasteiger partial charge in [0.15, 0.2) is 6.29 Å². The summed E-state index contributed by atoms with van der Waals surface area (Å²) in [5.74, 6) is 1.51. The third kappa shape index (κ3) is 4.25. The second kappa shape index (κ2) is 6.53. The van der Waals surface area contributed by atoms with Crippen LogP contribution in [0.2, 0.25) is 0 Å². The molecule has 2 heteroatoms. The Morgan fingerprint density at radius 1 is 1.28 bits per heavy atom. The lowest BCUT2D eigenvalue weighted by Crippen LogP contribution is -2.11. The molecule has 102 valence electrons. The second-order valence-electron chi connectivity index (χ2n) is 6.02. The number of rotatable bonds is 5. The Balaban J connectivity index is 1.82. The van der Waals surface area contributed by atoms with Gasteiger partial charge in [0.2, 0.25) is 0 Å². The van der Waals surface area contributed by atoms with Crippen LogP contribution in [0.15, 0.2) is 23.3 Å². The molecule has 0 bridgehead atoms. The van der Waals surface area contributed by atoms with Gasteiger partial charge in [-0.25, -0.2) is 0 Å². The zero-order valence-electron chi connectivity index (χ0n) is 11.9. The fourth-order valence-electron chi connectivity index (χ4n) is 3.00. The second-order valence-corrected chi connectivity index (χ2v) is 6.02. The standard InChI is InChI=1S/C16H26O2/c1-12(2)8-15-10-13(3)9-14(11-15)4-5-16-17-6-7-18-16/h9-10,12,15-16H,4-8,11H2,1-3H3. The Morgan fingerprint density at radius 2 is 2.00 bits per heavy atom. The van der Waals surface area contributed by atoms with Crippen LogP contribution in [-0.4, -0.2) is 19.5 Å². The summed E-state index contributed by atoms with van der Waals surface area (Å²) >= 11 is 0. The third-order valence-electron chi connectivity index (χ3n) is 3.62. The Hall–Kier alpha value is -0.600. The first kappa shape index (κ1) is 13.8. The van der Waals surface area contributed by atoms with Gasteiger partial charge in [-0.2, -0.15) is 0 Å². The lowest BCUT2D eigenvalue weighted by atomic mass is 9.84. The fourth-order valence-corrected chi connectivity index (χ4v) is 3.00. The summed E-state index contributed by atoms with van der Waals surface area (Å²) in [4.78, 5) is 0. The number of hydrogen-bond acceptors (Lipinski definition) is 2. The monoisotopic (exact) mass is 250 g/mol. The van der Waals surface area contributed by atoms with E-state index in [2.05, 4.69) is 32.9 Å². The molecule has 1 heterocycles. The van der Waals surface area contributed by atoms with Crippen molar-refractivity contribution in [1.82, 2.24) is 0 Å². The van der Waals surface area contributed by atoms with Gasteiger partial charge in [0.25, 0.3) is 0 Å². The van der Waals surface area contributed by atoms with Crippen molar-refractivity contribution in [3.05, 3.63) is 23.3 Å². The van der Waals surface area contributed by atoms with Crippen LogP contribution in [-0.2, 0) is 9.47 Å². The van der Waals surface area contributed by atoms with Crippen molar-refractivity contribution in [2.45, 2.75) is 52.7 Å². The van der Waals surface area contributed by atoms with E-state index in [1.807, 2.05) is 0 Å². The van der Waals surface area contributed by atoms with Gasteiger partial charge in [0.05, 0.1) is 13.2 Å². The zero-order valence-corrected chi connectivity index (χ0v) is 11.9. The van der Waals surface area contributed by atoms with Crippen molar-refractivity contribution >= 4 is 0 Å². The quantitative estimate of drug-likeness (QED) is 0.732. The molecule has 1 saturated heterocycles. The van der Waals surface area contributed by atoms with Crippen LogP contribution in [0.1, 0.15) is 46.5 Å². The van der Waals surface area contributed by atoms with Crippen molar-refractivity contribution in [3.8, 4) is 0 Å². The lowest BCUT2D eigenvalue weighted by molar-refractivity contribution is -0.0463. The molecule has 1 aliphatic carbocycles. The topological polar surface area (TPSA) is 18.5 Å². The van der Waals surface area contributed by atoms with Gasteiger partial charge in [-0.3, -0.25) is 0 Å². The van der Waals surface area contributed by atoms with E-state index in [4.69, 9.17) is 9.47 Å². The molecule has 0 aromatic heterocycles. The third-order valence-corrected chi connectivity index (χ3v) is 3.62. The molecular formula is C16H26O2. The first-order chi connectivity index (χ1) is 8.63. The molecule has 18 heavy (non-hydrogen) atoms. The molecular weight excluding hydrogens is 224 g/mol. The minimum Gasteiger partial charge on any atom is -0.350 e. The molecule has 2 nitrogen and oxygen atoms in total. The summed E-state index contributed by atoms with van der Waals surface area (Å²) in [7, 11) is 0. The molecule has 0 aromatic rings. The van der Waals surface area contributed by atoms with E-state index in [0.29, 0.717) is 0 Å².